The van der Waals surface area contributed by atoms with Crippen LogP contribution in [0.2, 0.25) is 0 Å². The van der Waals surface area contributed by atoms with Gasteiger partial charge in [0.2, 0.25) is 5.91 Å². The Morgan fingerprint density at radius 1 is 1.33 bits per heavy atom. The zero-order valence-electron chi connectivity index (χ0n) is 15.1. The summed E-state index contributed by atoms with van der Waals surface area (Å²) in [5.74, 6) is 0.620. The van der Waals surface area contributed by atoms with Crippen molar-refractivity contribution in [3.8, 4) is 5.75 Å². The van der Waals surface area contributed by atoms with Gasteiger partial charge in [-0.2, -0.15) is 5.10 Å². The van der Waals surface area contributed by atoms with Gasteiger partial charge < -0.3 is 10.5 Å². The van der Waals surface area contributed by atoms with E-state index in [-0.39, 0.29) is 12.3 Å². The van der Waals surface area contributed by atoms with Crippen LogP contribution in [-0.2, 0) is 11.2 Å². The van der Waals surface area contributed by atoms with Gasteiger partial charge in [0, 0.05) is 0 Å². The standard InChI is InChI=1S/C20H22N4O2S/c1-2-3-9-26-16-6-4-5-15(10-16)13-22-24-19(25)12-14-7-8-17-18(11-14)27-20(21)23-17/h4-8,10-11,13H,2-3,9,12H2,1H3,(H2,21,23)(H,24,25)/b22-13-. The highest BCUT2D eigenvalue weighted by atomic mass is 32.1. The number of ether oxygens (including phenoxy) is 1. The lowest BCUT2D eigenvalue weighted by Crippen LogP contribution is -2.19. The van der Waals surface area contributed by atoms with E-state index in [9.17, 15) is 4.79 Å². The van der Waals surface area contributed by atoms with Crippen molar-refractivity contribution in [2.75, 3.05) is 12.3 Å². The lowest BCUT2D eigenvalue weighted by atomic mass is 10.1. The van der Waals surface area contributed by atoms with Gasteiger partial charge in [0.05, 0.1) is 29.5 Å². The van der Waals surface area contributed by atoms with Crippen LogP contribution in [0.15, 0.2) is 47.6 Å². The van der Waals surface area contributed by atoms with E-state index < -0.39 is 0 Å². The number of thiazole rings is 1. The average Bonchev–Trinajstić information content (AvgIpc) is 3.01. The maximum atomic E-state index is 12.1. The maximum Gasteiger partial charge on any atom is 0.244 e. The Labute approximate surface area is 162 Å². The molecule has 0 unspecified atom stereocenters. The quantitative estimate of drug-likeness (QED) is 0.353. The van der Waals surface area contributed by atoms with E-state index in [0.29, 0.717) is 11.7 Å². The molecule has 0 aliphatic rings. The van der Waals surface area contributed by atoms with Crippen molar-refractivity contribution >= 4 is 38.8 Å². The van der Waals surface area contributed by atoms with E-state index in [1.807, 2.05) is 42.5 Å². The van der Waals surface area contributed by atoms with Gasteiger partial charge in [-0.05, 0) is 41.8 Å². The first-order chi connectivity index (χ1) is 13.1. The summed E-state index contributed by atoms with van der Waals surface area (Å²) in [6.07, 6.45) is 3.97. The Bertz CT molecular complexity index is 952. The van der Waals surface area contributed by atoms with E-state index in [4.69, 9.17) is 10.5 Å². The first-order valence-corrected chi connectivity index (χ1v) is 9.65. The minimum Gasteiger partial charge on any atom is -0.494 e. The molecule has 0 saturated carbocycles. The lowest BCUT2D eigenvalue weighted by Gasteiger charge is -2.05. The Hall–Kier alpha value is -2.93. The fraction of sp³-hybridized carbons (Fsp3) is 0.250. The number of hydrogen-bond acceptors (Lipinski definition) is 6. The predicted molar refractivity (Wildman–Crippen MR) is 110 cm³/mol. The number of nitrogens with two attached hydrogens (primary N) is 1. The molecule has 1 heterocycles. The topological polar surface area (TPSA) is 89.6 Å². The molecule has 0 saturated heterocycles. The molecule has 3 rings (SSSR count). The second-order valence-electron chi connectivity index (χ2n) is 6.10. The van der Waals surface area contributed by atoms with Crippen LogP contribution in [0.5, 0.6) is 5.75 Å². The lowest BCUT2D eigenvalue weighted by molar-refractivity contribution is -0.120. The third-order valence-electron chi connectivity index (χ3n) is 3.86. The number of aromatic nitrogens is 1. The van der Waals surface area contributed by atoms with E-state index >= 15 is 0 Å². The molecule has 0 fully saturated rings. The second-order valence-corrected chi connectivity index (χ2v) is 7.16. The van der Waals surface area contributed by atoms with Crippen LogP contribution in [0.1, 0.15) is 30.9 Å². The molecule has 0 aliphatic carbocycles. The molecule has 3 aromatic rings. The summed E-state index contributed by atoms with van der Waals surface area (Å²) in [6.45, 7) is 2.82. The smallest absolute Gasteiger partial charge is 0.244 e. The first kappa shape index (κ1) is 18.8. The molecule has 140 valence electrons. The Balaban J connectivity index is 1.54. The molecule has 1 aromatic heterocycles. The van der Waals surface area contributed by atoms with E-state index in [1.165, 1.54) is 11.3 Å². The summed E-state index contributed by atoms with van der Waals surface area (Å²) in [4.78, 5) is 16.3. The molecule has 0 aliphatic heterocycles. The second kappa shape index (κ2) is 9.14. The van der Waals surface area contributed by atoms with Crippen LogP contribution in [0.25, 0.3) is 10.2 Å². The summed E-state index contributed by atoms with van der Waals surface area (Å²) in [5, 5.41) is 4.56. The van der Waals surface area contributed by atoms with Crippen LogP contribution in [0, 0.1) is 0 Å². The zero-order chi connectivity index (χ0) is 19.1. The van der Waals surface area contributed by atoms with Crippen LogP contribution in [-0.4, -0.2) is 23.7 Å². The van der Waals surface area contributed by atoms with Gasteiger partial charge in [-0.15, -0.1) is 0 Å². The molecule has 27 heavy (non-hydrogen) atoms. The summed E-state index contributed by atoms with van der Waals surface area (Å²) in [6, 6.07) is 13.3. The molecule has 7 heteroatoms. The number of rotatable bonds is 8. The van der Waals surface area contributed by atoms with Crippen LogP contribution in [0.4, 0.5) is 5.13 Å². The molecule has 3 N–H and O–H groups in total. The minimum atomic E-state index is -0.182. The van der Waals surface area contributed by atoms with Crippen molar-refractivity contribution in [1.29, 1.82) is 0 Å². The molecule has 0 atom stereocenters. The number of carbonyl (C=O) groups excluding carboxylic acids is 1. The SMILES string of the molecule is CCCCOc1cccc(/C=N\NC(=O)Cc2ccc3nc(N)sc3c2)c1. The van der Waals surface area contributed by atoms with Crippen molar-refractivity contribution in [2.24, 2.45) is 5.10 Å². The number of nitrogens with one attached hydrogen (secondary N) is 1. The number of fused-ring (bicyclic) bond motifs is 1. The fourth-order valence-electron chi connectivity index (χ4n) is 2.52. The molecular formula is C20H22N4O2S. The molecular weight excluding hydrogens is 360 g/mol. The van der Waals surface area contributed by atoms with Crippen molar-refractivity contribution in [3.63, 3.8) is 0 Å². The minimum absolute atomic E-state index is 0.182. The van der Waals surface area contributed by atoms with Gasteiger partial charge in [-0.25, -0.2) is 10.4 Å². The molecule has 6 nitrogen and oxygen atoms in total. The molecule has 0 radical (unpaired) electrons. The van der Waals surface area contributed by atoms with Crippen molar-refractivity contribution in [2.45, 2.75) is 26.2 Å². The van der Waals surface area contributed by atoms with Gasteiger partial charge >= 0.3 is 0 Å². The molecule has 2 aromatic carbocycles. The Morgan fingerprint density at radius 3 is 3.07 bits per heavy atom. The number of benzene rings is 2. The molecule has 0 spiro atoms. The van der Waals surface area contributed by atoms with E-state index in [0.717, 1.165) is 39.9 Å². The largest absolute Gasteiger partial charge is 0.494 e. The van der Waals surface area contributed by atoms with Gasteiger partial charge in [-0.3, -0.25) is 4.79 Å². The van der Waals surface area contributed by atoms with Crippen molar-refractivity contribution in [3.05, 3.63) is 53.6 Å². The highest BCUT2D eigenvalue weighted by molar-refractivity contribution is 7.22. The van der Waals surface area contributed by atoms with Gasteiger partial charge in [0.15, 0.2) is 5.13 Å². The third-order valence-corrected chi connectivity index (χ3v) is 4.71. The number of unbranched alkanes of at least 4 members (excludes halogenated alkanes) is 1. The van der Waals surface area contributed by atoms with E-state index in [1.54, 1.807) is 6.21 Å². The number of anilines is 1. The van der Waals surface area contributed by atoms with Gasteiger partial charge in [0.25, 0.3) is 0 Å². The summed E-state index contributed by atoms with van der Waals surface area (Å²) in [7, 11) is 0. The predicted octanol–water partition coefficient (Wildman–Crippen LogP) is 3.75. The maximum absolute atomic E-state index is 12.1. The van der Waals surface area contributed by atoms with Crippen molar-refractivity contribution < 1.29 is 9.53 Å². The summed E-state index contributed by atoms with van der Waals surface area (Å²) in [5.41, 5.74) is 10.9. The number of hydrazone groups is 1. The number of hydrogen-bond donors (Lipinski definition) is 2. The first-order valence-electron chi connectivity index (χ1n) is 8.84. The highest BCUT2D eigenvalue weighted by Crippen LogP contribution is 2.24. The van der Waals surface area contributed by atoms with Crippen LogP contribution >= 0.6 is 11.3 Å². The molecule has 0 bridgehead atoms. The van der Waals surface area contributed by atoms with E-state index in [2.05, 4.69) is 22.4 Å². The zero-order valence-corrected chi connectivity index (χ0v) is 16.0. The average molecular weight is 382 g/mol. The number of nitrogen functional groups attached to an aromatic ring is 1. The molecule has 1 amide bonds. The number of carbonyl (C=O) groups is 1. The van der Waals surface area contributed by atoms with Gasteiger partial charge in [0.1, 0.15) is 5.75 Å². The Kier molecular flexibility index (Phi) is 6.38. The third kappa shape index (κ3) is 5.52. The fourth-order valence-corrected chi connectivity index (χ4v) is 3.32. The van der Waals surface area contributed by atoms with Crippen molar-refractivity contribution in [1.82, 2.24) is 10.4 Å². The Morgan fingerprint density at radius 2 is 2.22 bits per heavy atom. The van der Waals surface area contributed by atoms with Gasteiger partial charge in [-0.1, -0.05) is 42.9 Å². The number of amides is 1. The number of nitrogens with zero attached hydrogens (tertiary/aromatic N) is 2. The monoisotopic (exact) mass is 382 g/mol. The highest BCUT2D eigenvalue weighted by Gasteiger charge is 2.06. The normalized spacial score (nSPS) is 11.1. The van der Waals surface area contributed by atoms with Crippen LogP contribution < -0.4 is 15.9 Å². The summed E-state index contributed by atoms with van der Waals surface area (Å²) >= 11 is 1.41. The van der Waals surface area contributed by atoms with Crippen LogP contribution in [0.3, 0.4) is 0 Å². The summed E-state index contributed by atoms with van der Waals surface area (Å²) < 4.78 is 6.64.